The van der Waals surface area contributed by atoms with Crippen LogP contribution in [0.4, 0.5) is 5.82 Å². The molecule has 0 spiro atoms. The van der Waals surface area contributed by atoms with Gasteiger partial charge in [-0.15, -0.1) is 0 Å². The Morgan fingerprint density at radius 3 is 3.13 bits per heavy atom. The zero-order chi connectivity index (χ0) is 10.5. The number of methoxy groups -OCH3 is 1. The summed E-state index contributed by atoms with van der Waals surface area (Å²) < 4.78 is 5.00. The molecule has 78 valence electrons. The molecule has 0 saturated heterocycles. The largest absolute Gasteiger partial charge is 0.481 e. The summed E-state index contributed by atoms with van der Waals surface area (Å²) in [6, 6.07) is 3.85. The lowest BCUT2D eigenvalue weighted by molar-refractivity contribution is 0.397. The Bertz CT molecular complexity index is 416. The smallest absolute Gasteiger partial charge is 0.218 e. The van der Waals surface area contributed by atoms with Crippen LogP contribution < -0.4 is 10.1 Å². The second kappa shape index (κ2) is 4.75. The van der Waals surface area contributed by atoms with Crippen molar-refractivity contribution in [2.75, 3.05) is 12.4 Å². The Labute approximate surface area is 92.0 Å². The summed E-state index contributed by atoms with van der Waals surface area (Å²) in [5.74, 6) is 1.34. The van der Waals surface area contributed by atoms with Crippen LogP contribution in [0.15, 0.2) is 29.2 Å². The molecule has 0 bridgehead atoms. The first-order valence-corrected chi connectivity index (χ1v) is 5.44. The van der Waals surface area contributed by atoms with E-state index in [0.717, 1.165) is 12.4 Å². The molecule has 0 aliphatic heterocycles. The number of hydrogen-bond acceptors (Lipinski definition) is 5. The molecule has 0 aliphatic carbocycles. The van der Waals surface area contributed by atoms with E-state index in [1.807, 2.05) is 0 Å². The van der Waals surface area contributed by atoms with Crippen LogP contribution in [0.25, 0.3) is 0 Å². The maximum atomic E-state index is 5.00. The van der Waals surface area contributed by atoms with Crippen LogP contribution >= 0.6 is 11.3 Å². The summed E-state index contributed by atoms with van der Waals surface area (Å²) in [6.45, 7) is 0.768. The van der Waals surface area contributed by atoms with Gasteiger partial charge in [-0.3, -0.25) is 0 Å². The average molecular weight is 221 g/mol. The van der Waals surface area contributed by atoms with Crippen molar-refractivity contribution in [3.63, 3.8) is 0 Å². The predicted molar refractivity (Wildman–Crippen MR) is 60.2 cm³/mol. The van der Waals surface area contributed by atoms with Gasteiger partial charge in [0.05, 0.1) is 7.11 Å². The summed E-state index contributed by atoms with van der Waals surface area (Å²) in [5.41, 5.74) is 1.25. The molecule has 0 amide bonds. The Kier molecular flexibility index (Phi) is 3.14. The van der Waals surface area contributed by atoms with Crippen LogP contribution in [0.2, 0.25) is 0 Å². The maximum absolute atomic E-state index is 5.00. The van der Waals surface area contributed by atoms with Crippen molar-refractivity contribution < 1.29 is 4.74 Å². The number of nitrogens with one attached hydrogen (secondary N) is 1. The van der Waals surface area contributed by atoms with Crippen molar-refractivity contribution in [1.29, 1.82) is 0 Å². The van der Waals surface area contributed by atoms with Crippen molar-refractivity contribution in [1.82, 2.24) is 9.97 Å². The first kappa shape index (κ1) is 9.92. The molecule has 0 aromatic carbocycles. The van der Waals surface area contributed by atoms with E-state index in [0.29, 0.717) is 5.88 Å². The Morgan fingerprint density at radius 1 is 1.47 bits per heavy atom. The molecule has 2 rings (SSSR count). The third-order valence-corrected chi connectivity index (χ3v) is 2.64. The standard InChI is InChI=1S/C10H11N3OS/c1-14-10-4-9(12-7-13-10)11-5-8-2-3-15-6-8/h2-4,6-7H,5H2,1H3,(H,11,12,13). The van der Waals surface area contributed by atoms with Gasteiger partial charge in [-0.05, 0) is 22.4 Å². The Balaban J connectivity index is 1.98. The summed E-state index contributed by atoms with van der Waals surface area (Å²) in [5, 5.41) is 7.35. The van der Waals surface area contributed by atoms with Crippen LogP contribution in [0.1, 0.15) is 5.56 Å². The van der Waals surface area contributed by atoms with Crippen molar-refractivity contribution in [3.8, 4) is 5.88 Å². The van der Waals surface area contributed by atoms with Crippen LogP contribution in [-0.2, 0) is 6.54 Å². The van der Waals surface area contributed by atoms with E-state index in [1.54, 1.807) is 24.5 Å². The molecule has 2 aromatic rings. The summed E-state index contributed by atoms with van der Waals surface area (Å²) >= 11 is 1.68. The van der Waals surface area contributed by atoms with Gasteiger partial charge in [0.15, 0.2) is 0 Å². The quantitative estimate of drug-likeness (QED) is 0.859. The molecule has 0 unspecified atom stereocenters. The van der Waals surface area contributed by atoms with E-state index in [4.69, 9.17) is 4.74 Å². The SMILES string of the molecule is COc1cc(NCc2ccsc2)ncn1. The van der Waals surface area contributed by atoms with Gasteiger partial charge in [0.2, 0.25) is 5.88 Å². The third-order valence-electron chi connectivity index (χ3n) is 1.90. The van der Waals surface area contributed by atoms with E-state index < -0.39 is 0 Å². The fourth-order valence-corrected chi connectivity index (χ4v) is 1.80. The second-order valence-electron chi connectivity index (χ2n) is 2.93. The van der Waals surface area contributed by atoms with Crippen LogP contribution in [0, 0.1) is 0 Å². The van der Waals surface area contributed by atoms with Crippen LogP contribution in [0.5, 0.6) is 5.88 Å². The Morgan fingerprint density at radius 2 is 2.40 bits per heavy atom. The predicted octanol–water partition coefficient (Wildman–Crippen LogP) is 2.16. The summed E-state index contributed by atoms with van der Waals surface area (Å²) in [4.78, 5) is 8.02. The van der Waals surface area contributed by atoms with Gasteiger partial charge in [-0.2, -0.15) is 11.3 Å². The average Bonchev–Trinajstić information content (AvgIpc) is 2.79. The molecule has 4 nitrogen and oxygen atoms in total. The minimum absolute atomic E-state index is 0.567. The molecule has 2 aromatic heterocycles. The molecule has 2 heterocycles. The number of rotatable bonds is 4. The Hall–Kier alpha value is -1.62. The number of anilines is 1. The molecule has 15 heavy (non-hydrogen) atoms. The highest BCUT2D eigenvalue weighted by atomic mass is 32.1. The first-order chi connectivity index (χ1) is 7.38. The van der Waals surface area contributed by atoms with Crippen LogP contribution in [0.3, 0.4) is 0 Å². The van der Waals surface area contributed by atoms with E-state index in [1.165, 1.54) is 11.9 Å². The molecule has 0 fully saturated rings. The second-order valence-corrected chi connectivity index (χ2v) is 3.71. The molecule has 0 radical (unpaired) electrons. The zero-order valence-electron chi connectivity index (χ0n) is 8.30. The van der Waals surface area contributed by atoms with Gasteiger partial charge in [0, 0.05) is 12.6 Å². The fourth-order valence-electron chi connectivity index (χ4n) is 1.13. The number of hydrogen-bond donors (Lipinski definition) is 1. The minimum Gasteiger partial charge on any atom is -0.481 e. The number of aromatic nitrogens is 2. The van der Waals surface area contributed by atoms with Gasteiger partial charge in [0.1, 0.15) is 12.1 Å². The maximum Gasteiger partial charge on any atom is 0.218 e. The molecule has 1 N–H and O–H groups in total. The van der Waals surface area contributed by atoms with E-state index in [2.05, 4.69) is 32.1 Å². The third kappa shape index (κ3) is 2.66. The number of thiophene rings is 1. The van der Waals surface area contributed by atoms with Crippen molar-refractivity contribution in [2.24, 2.45) is 0 Å². The topological polar surface area (TPSA) is 47.0 Å². The number of ether oxygens (including phenoxy) is 1. The molecule has 0 aliphatic rings. The fraction of sp³-hybridized carbons (Fsp3) is 0.200. The normalized spacial score (nSPS) is 9.93. The van der Waals surface area contributed by atoms with E-state index in [9.17, 15) is 0 Å². The van der Waals surface area contributed by atoms with Gasteiger partial charge in [0.25, 0.3) is 0 Å². The van der Waals surface area contributed by atoms with Crippen LogP contribution in [-0.4, -0.2) is 17.1 Å². The van der Waals surface area contributed by atoms with Crippen molar-refractivity contribution >= 4 is 17.2 Å². The van der Waals surface area contributed by atoms with Crippen molar-refractivity contribution in [2.45, 2.75) is 6.54 Å². The lowest BCUT2D eigenvalue weighted by Crippen LogP contribution is -2.01. The zero-order valence-corrected chi connectivity index (χ0v) is 9.12. The summed E-state index contributed by atoms with van der Waals surface area (Å²) in [7, 11) is 1.59. The highest BCUT2D eigenvalue weighted by Crippen LogP contribution is 2.12. The first-order valence-electron chi connectivity index (χ1n) is 4.49. The highest BCUT2D eigenvalue weighted by molar-refractivity contribution is 7.07. The van der Waals surface area contributed by atoms with Crippen molar-refractivity contribution in [3.05, 3.63) is 34.8 Å². The van der Waals surface area contributed by atoms with E-state index in [-0.39, 0.29) is 0 Å². The lowest BCUT2D eigenvalue weighted by atomic mass is 10.3. The minimum atomic E-state index is 0.567. The molecule has 5 heteroatoms. The van der Waals surface area contributed by atoms with E-state index >= 15 is 0 Å². The number of nitrogens with zero attached hydrogens (tertiary/aromatic N) is 2. The van der Waals surface area contributed by atoms with Gasteiger partial charge in [-0.1, -0.05) is 0 Å². The van der Waals surface area contributed by atoms with Gasteiger partial charge < -0.3 is 10.1 Å². The lowest BCUT2D eigenvalue weighted by Gasteiger charge is -2.04. The van der Waals surface area contributed by atoms with Gasteiger partial charge in [-0.25, -0.2) is 9.97 Å². The highest BCUT2D eigenvalue weighted by Gasteiger charge is 1.98. The molecule has 0 saturated carbocycles. The monoisotopic (exact) mass is 221 g/mol. The summed E-state index contributed by atoms with van der Waals surface area (Å²) in [6.07, 6.45) is 1.48. The molecule has 0 atom stereocenters. The molecular weight excluding hydrogens is 210 g/mol. The molecular formula is C10H11N3OS. The van der Waals surface area contributed by atoms with Gasteiger partial charge >= 0.3 is 0 Å².